The van der Waals surface area contributed by atoms with Gasteiger partial charge in [0.15, 0.2) is 17.6 Å². The Labute approximate surface area is 119 Å². The highest BCUT2D eigenvalue weighted by Gasteiger charge is 2.15. The Balaban J connectivity index is 1.98. The fraction of sp³-hybridized carbons (Fsp3) is 0.462. The summed E-state index contributed by atoms with van der Waals surface area (Å²) >= 11 is 3.18. The van der Waals surface area contributed by atoms with E-state index in [2.05, 4.69) is 26.2 Å². The summed E-state index contributed by atoms with van der Waals surface area (Å²) in [5.74, 6) is -1.41. The van der Waals surface area contributed by atoms with Crippen LogP contribution in [0, 0.1) is 11.6 Å². The van der Waals surface area contributed by atoms with Crippen molar-refractivity contribution in [2.24, 2.45) is 10.7 Å². The van der Waals surface area contributed by atoms with Crippen LogP contribution in [0.5, 0.6) is 0 Å². The maximum Gasteiger partial charge on any atom is 0.189 e. The first-order valence-corrected chi connectivity index (χ1v) is 7.05. The summed E-state index contributed by atoms with van der Waals surface area (Å²) in [7, 11) is 0. The largest absolute Gasteiger partial charge is 0.370 e. The Morgan fingerprint density at radius 3 is 2.63 bits per heavy atom. The van der Waals surface area contributed by atoms with Crippen LogP contribution >= 0.6 is 15.9 Å². The molecule has 0 aliphatic heterocycles. The van der Waals surface area contributed by atoms with Crippen molar-refractivity contribution in [2.75, 3.05) is 0 Å². The molecule has 0 saturated heterocycles. The van der Waals surface area contributed by atoms with Gasteiger partial charge in [0.05, 0.1) is 6.54 Å². The molecule has 1 aliphatic carbocycles. The molecule has 0 atom stereocenters. The van der Waals surface area contributed by atoms with Gasteiger partial charge in [0.25, 0.3) is 0 Å². The van der Waals surface area contributed by atoms with Crippen LogP contribution in [0.2, 0.25) is 0 Å². The average Bonchev–Trinajstić information content (AvgIpc) is 2.85. The lowest BCUT2D eigenvalue weighted by Crippen LogP contribution is -2.38. The zero-order chi connectivity index (χ0) is 13.8. The van der Waals surface area contributed by atoms with Crippen LogP contribution in [0.15, 0.2) is 21.6 Å². The van der Waals surface area contributed by atoms with E-state index in [0.29, 0.717) is 22.0 Å². The monoisotopic (exact) mass is 331 g/mol. The van der Waals surface area contributed by atoms with Gasteiger partial charge >= 0.3 is 0 Å². The molecule has 1 saturated carbocycles. The summed E-state index contributed by atoms with van der Waals surface area (Å²) in [5, 5.41) is 3.14. The van der Waals surface area contributed by atoms with E-state index in [9.17, 15) is 8.78 Å². The molecule has 1 aliphatic rings. The predicted molar refractivity (Wildman–Crippen MR) is 74.8 cm³/mol. The van der Waals surface area contributed by atoms with Gasteiger partial charge in [-0.25, -0.2) is 13.8 Å². The molecule has 0 heterocycles. The first kappa shape index (κ1) is 14.2. The fourth-order valence-corrected chi connectivity index (χ4v) is 2.62. The Morgan fingerprint density at radius 2 is 1.95 bits per heavy atom. The molecule has 6 heteroatoms. The highest BCUT2D eigenvalue weighted by atomic mass is 79.9. The van der Waals surface area contributed by atoms with Gasteiger partial charge in [0.1, 0.15) is 0 Å². The standard InChI is InChI=1S/C13H16BrF2N3/c14-10-6-12(16)11(15)5-8(10)7-18-13(17)19-9-3-1-2-4-9/h5-6,9H,1-4,7H2,(H3,17,18,19). The van der Waals surface area contributed by atoms with Crippen molar-refractivity contribution in [3.8, 4) is 0 Å². The van der Waals surface area contributed by atoms with E-state index in [1.165, 1.54) is 12.8 Å². The zero-order valence-electron chi connectivity index (χ0n) is 10.4. The third kappa shape index (κ3) is 3.89. The highest BCUT2D eigenvalue weighted by molar-refractivity contribution is 9.10. The van der Waals surface area contributed by atoms with Crippen LogP contribution in [-0.2, 0) is 6.54 Å². The summed E-state index contributed by atoms with van der Waals surface area (Å²) in [6, 6.07) is 2.61. The fourth-order valence-electron chi connectivity index (χ4n) is 2.18. The molecular formula is C13H16BrF2N3. The molecule has 1 aromatic carbocycles. The minimum absolute atomic E-state index is 0.212. The lowest BCUT2D eigenvalue weighted by molar-refractivity contribution is 0.506. The summed E-state index contributed by atoms with van der Waals surface area (Å²) in [6.07, 6.45) is 4.62. The molecule has 0 bridgehead atoms. The van der Waals surface area contributed by atoms with Crippen molar-refractivity contribution in [2.45, 2.75) is 38.3 Å². The first-order valence-electron chi connectivity index (χ1n) is 6.26. The molecule has 0 aromatic heterocycles. The molecule has 1 fully saturated rings. The van der Waals surface area contributed by atoms with Gasteiger partial charge in [0.2, 0.25) is 0 Å². The van der Waals surface area contributed by atoms with Crippen LogP contribution < -0.4 is 11.1 Å². The Hall–Kier alpha value is -1.17. The van der Waals surface area contributed by atoms with Crippen LogP contribution in [0.25, 0.3) is 0 Å². The van der Waals surface area contributed by atoms with Gasteiger partial charge < -0.3 is 11.1 Å². The number of nitrogens with zero attached hydrogens (tertiary/aromatic N) is 1. The maximum atomic E-state index is 13.1. The van der Waals surface area contributed by atoms with E-state index < -0.39 is 11.6 Å². The molecule has 3 nitrogen and oxygen atoms in total. The van der Waals surface area contributed by atoms with E-state index in [-0.39, 0.29) is 6.54 Å². The minimum atomic E-state index is -0.879. The molecule has 1 aromatic rings. The molecule has 19 heavy (non-hydrogen) atoms. The zero-order valence-corrected chi connectivity index (χ0v) is 12.0. The number of rotatable bonds is 3. The van der Waals surface area contributed by atoms with Crippen molar-refractivity contribution < 1.29 is 8.78 Å². The summed E-state index contributed by atoms with van der Waals surface area (Å²) in [4.78, 5) is 4.15. The van der Waals surface area contributed by atoms with Crippen LogP contribution in [0.4, 0.5) is 8.78 Å². The normalized spacial score (nSPS) is 16.9. The summed E-state index contributed by atoms with van der Waals surface area (Å²) < 4.78 is 26.6. The second-order valence-electron chi connectivity index (χ2n) is 4.68. The van der Waals surface area contributed by atoms with E-state index in [0.717, 1.165) is 25.0 Å². The van der Waals surface area contributed by atoms with Gasteiger partial charge in [-0.05, 0) is 30.5 Å². The van der Waals surface area contributed by atoms with Crippen molar-refractivity contribution in [1.82, 2.24) is 5.32 Å². The van der Waals surface area contributed by atoms with Crippen LogP contribution in [-0.4, -0.2) is 12.0 Å². The molecular weight excluding hydrogens is 316 g/mol. The predicted octanol–water partition coefficient (Wildman–Crippen LogP) is 3.07. The number of hydrogen-bond acceptors (Lipinski definition) is 1. The average molecular weight is 332 g/mol. The molecule has 0 unspecified atom stereocenters. The Morgan fingerprint density at radius 1 is 1.32 bits per heavy atom. The van der Waals surface area contributed by atoms with Crippen molar-refractivity contribution in [1.29, 1.82) is 0 Å². The van der Waals surface area contributed by atoms with Gasteiger partial charge in [-0.2, -0.15) is 0 Å². The van der Waals surface area contributed by atoms with Gasteiger partial charge in [-0.15, -0.1) is 0 Å². The topological polar surface area (TPSA) is 50.4 Å². The SMILES string of the molecule is NC(=NCc1cc(F)c(F)cc1Br)NC1CCCC1. The minimum Gasteiger partial charge on any atom is -0.370 e. The van der Waals surface area contributed by atoms with Crippen molar-refractivity contribution in [3.63, 3.8) is 0 Å². The molecule has 104 valence electrons. The molecule has 0 amide bonds. The molecule has 2 rings (SSSR count). The number of halogens is 3. The lowest BCUT2D eigenvalue weighted by Gasteiger charge is -2.12. The summed E-state index contributed by atoms with van der Waals surface area (Å²) in [6.45, 7) is 0.212. The van der Waals surface area contributed by atoms with Gasteiger partial charge in [-0.3, -0.25) is 0 Å². The van der Waals surface area contributed by atoms with Crippen LogP contribution in [0.3, 0.4) is 0 Å². The number of aliphatic imine (C=N–C) groups is 1. The number of guanidine groups is 1. The van der Waals surface area contributed by atoms with E-state index in [4.69, 9.17) is 5.73 Å². The molecule has 3 N–H and O–H groups in total. The molecule has 0 spiro atoms. The number of hydrogen-bond donors (Lipinski definition) is 2. The first-order chi connectivity index (χ1) is 9.06. The Bertz CT molecular complexity index is 485. The lowest BCUT2D eigenvalue weighted by atomic mass is 10.2. The van der Waals surface area contributed by atoms with E-state index >= 15 is 0 Å². The number of nitrogens with one attached hydrogen (secondary N) is 1. The number of benzene rings is 1. The van der Waals surface area contributed by atoms with Crippen LogP contribution in [0.1, 0.15) is 31.2 Å². The maximum absolute atomic E-state index is 13.1. The molecule has 0 radical (unpaired) electrons. The second kappa shape index (κ2) is 6.32. The highest BCUT2D eigenvalue weighted by Crippen LogP contribution is 2.21. The summed E-state index contributed by atoms with van der Waals surface area (Å²) in [5.41, 5.74) is 6.34. The smallest absolute Gasteiger partial charge is 0.189 e. The van der Waals surface area contributed by atoms with Gasteiger partial charge in [0, 0.05) is 10.5 Å². The Kier molecular flexibility index (Phi) is 4.74. The second-order valence-corrected chi connectivity index (χ2v) is 5.54. The van der Waals surface area contributed by atoms with E-state index in [1.807, 2.05) is 0 Å². The third-order valence-electron chi connectivity index (χ3n) is 3.22. The van der Waals surface area contributed by atoms with Crippen molar-refractivity contribution in [3.05, 3.63) is 33.8 Å². The number of nitrogens with two attached hydrogens (primary N) is 1. The van der Waals surface area contributed by atoms with Gasteiger partial charge in [-0.1, -0.05) is 28.8 Å². The van der Waals surface area contributed by atoms with E-state index in [1.54, 1.807) is 0 Å². The quantitative estimate of drug-likeness (QED) is 0.508. The third-order valence-corrected chi connectivity index (χ3v) is 3.95. The van der Waals surface area contributed by atoms with Crippen molar-refractivity contribution >= 4 is 21.9 Å².